The molecule has 2 aromatic carbocycles. The van der Waals surface area contributed by atoms with E-state index in [0.717, 1.165) is 34.1 Å². The minimum atomic E-state index is 0.488. The first kappa shape index (κ1) is 13.4. The van der Waals surface area contributed by atoms with Gasteiger partial charge in [0, 0.05) is 5.39 Å². The van der Waals surface area contributed by atoms with E-state index >= 15 is 0 Å². The van der Waals surface area contributed by atoms with Crippen LogP contribution in [0.3, 0.4) is 0 Å². The maximum Gasteiger partial charge on any atom is 0.170 e. The second-order valence-corrected chi connectivity index (χ2v) is 5.03. The summed E-state index contributed by atoms with van der Waals surface area (Å²) < 4.78 is 7.02. The lowest BCUT2D eigenvalue weighted by atomic mass is 10.1. The number of aromatic nitrogens is 2. The third kappa shape index (κ3) is 2.52. The minimum Gasteiger partial charge on any atom is -0.497 e. The maximum absolute atomic E-state index is 11.2. The van der Waals surface area contributed by atoms with Crippen molar-refractivity contribution < 1.29 is 9.53 Å². The predicted octanol–water partition coefficient (Wildman–Crippen LogP) is 3.21. The second kappa shape index (κ2) is 5.40. The molecule has 0 aliphatic carbocycles. The molecule has 0 unspecified atom stereocenters. The molecule has 0 N–H and O–H groups in total. The van der Waals surface area contributed by atoms with Crippen molar-refractivity contribution in [2.75, 3.05) is 7.11 Å². The third-order valence-electron chi connectivity index (χ3n) is 3.54. The van der Waals surface area contributed by atoms with Crippen LogP contribution in [0.2, 0.25) is 0 Å². The summed E-state index contributed by atoms with van der Waals surface area (Å²) >= 11 is 0. The standard InChI is InChI=1S/C17H16N2O2/c1-12-3-8-17-15(9-12)16(11-20)18-19(17)10-13-4-6-14(21-2)7-5-13/h3-9,11H,10H2,1-2H3. The van der Waals surface area contributed by atoms with Crippen LogP contribution in [0.25, 0.3) is 10.9 Å². The molecular formula is C17H16N2O2. The normalized spacial score (nSPS) is 10.8. The topological polar surface area (TPSA) is 44.1 Å². The molecule has 1 heterocycles. The highest BCUT2D eigenvalue weighted by molar-refractivity contribution is 5.95. The summed E-state index contributed by atoms with van der Waals surface area (Å²) in [5.74, 6) is 0.827. The lowest BCUT2D eigenvalue weighted by Gasteiger charge is -2.05. The van der Waals surface area contributed by atoms with Crippen LogP contribution in [0.1, 0.15) is 21.6 Å². The van der Waals surface area contributed by atoms with E-state index in [1.54, 1.807) is 7.11 Å². The van der Waals surface area contributed by atoms with Gasteiger partial charge in [-0.2, -0.15) is 5.10 Å². The van der Waals surface area contributed by atoms with Gasteiger partial charge in [-0.3, -0.25) is 9.48 Å². The average molecular weight is 280 g/mol. The molecule has 106 valence electrons. The van der Waals surface area contributed by atoms with E-state index in [2.05, 4.69) is 5.10 Å². The second-order valence-electron chi connectivity index (χ2n) is 5.03. The van der Waals surface area contributed by atoms with Crippen molar-refractivity contribution in [3.05, 3.63) is 59.3 Å². The Morgan fingerprint density at radius 2 is 1.95 bits per heavy atom. The molecule has 3 rings (SSSR count). The van der Waals surface area contributed by atoms with E-state index in [1.807, 2.05) is 54.1 Å². The molecule has 0 aliphatic heterocycles. The lowest BCUT2D eigenvalue weighted by molar-refractivity contribution is 0.111. The monoisotopic (exact) mass is 280 g/mol. The van der Waals surface area contributed by atoms with Gasteiger partial charge < -0.3 is 4.74 Å². The molecule has 0 fully saturated rings. The highest BCUT2D eigenvalue weighted by Gasteiger charge is 2.10. The first-order valence-corrected chi connectivity index (χ1v) is 6.76. The molecular weight excluding hydrogens is 264 g/mol. The number of aldehydes is 1. The Bertz CT molecular complexity index is 788. The number of fused-ring (bicyclic) bond motifs is 1. The number of carbonyl (C=O) groups excluding carboxylic acids is 1. The van der Waals surface area contributed by atoms with Crippen LogP contribution < -0.4 is 4.74 Å². The van der Waals surface area contributed by atoms with Crippen LogP contribution in [0.4, 0.5) is 0 Å². The molecule has 4 heteroatoms. The smallest absolute Gasteiger partial charge is 0.170 e. The molecule has 3 aromatic rings. The Labute approximate surface area is 123 Å². The zero-order valence-electron chi connectivity index (χ0n) is 12.0. The summed E-state index contributed by atoms with van der Waals surface area (Å²) in [5, 5.41) is 5.31. The zero-order chi connectivity index (χ0) is 14.8. The average Bonchev–Trinajstić information content (AvgIpc) is 2.85. The number of hydrogen-bond donors (Lipinski definition) is 0. The quantitative estimate of drug-likeness (QED) is 0.689. The van der Waals surface area contributed by atoms with Crippen molar-refractivity contribution in [2.45, 2.75) is 13.5 Å². The van der Waals surface area contributed by atoms with E-state index in [-0.39, 0.29) is 0 Å². The molecule has 0 atom stereocenters. The molecule has 0 saturated heterocycles. The van der Waals surface area contributed by atoms with Crippen molar-refractivity contribution in [3.8, 4) is 5.75 Å². The van der Waals surface area contributed by atoms with E-state index in [1.165, 1.54) is 0 Å². The van der Waals surface area contributed by atoms with E-state index in [0.29, 0.717) is 12.2 Å². The molecule has 0 saturated carbocycles. The number of methoxy groups -OCH3 is 1. The number of ether oxygens (including phenoxy) is 1. The van der Waals surface area contributed by atoms with Gasteiger partial charge in [-0.05, 0) is 36.8 Å². The number of hydrogen-bond acceptors (Lipinski definition) is 3. The molecule has 0 bridgehead atoms. The Kier molecular flexibility index (Phi) is 3.44. The molecule has 0 spiro atoms. The summed E-state index contributed by atoms with van der Waals surface area (Å²) in [6.07, 6.45) is 0.812. The summed E-state index contributed by atoms with van der Waals surface area (Å²) in [7, 11) is 1.65. The van der Waals surface area contributed by atoms with Gasteiger partial charge in [-0.1, -0.05) is 23.8 Å². The van der Waals surface area contributed by atoms with Gasteiger partial charge >= 0.3 is 0 Å². The van der Waals surface area contributed by atoms with Crippen LogP contribution in [0.15, 0.2) is 42.5 Å². The van der Waals surface area contributed by atoms with E-state index < -0.39 is 0 Å². The molecule has 4 nitrogen and oxygen atoms in total. The van der Waals surface area contributed by atoms with Gasteiger partial charge in [0.2, 0.25) is 0 Å². The Morgan fingerprint density at radius 3 is 2.62 bits per heavy atom. The van der Waals surface area contributed by atoms with Crippen molar-refractivity contribution in [3.63, 3.8) is 0 Å². The Hall–Kier alpha value is -2.62. The first-order chi connectivity index (χ1) is 10.2. The highest BCUT2D eigenvalue weighted by atomic mass is 16.5. The van der Waals surface area contributed by atoms with Crippen LogP contribution in [0.5, 0.6) is 5.75 Å². The number of nitrogens with zero attached hydrogens (tertiary/aromatic N) is 2. The van der Waals surface area contributed by atoms with Crippen LogP contribution in [-0.4, -0.2) is 23.2 Å². The van der Waals surface area contributed by atoms with Gasteiger partial charge in [-0.15, -0.1) is 0 Å². The van der Waals surface area contributed by atoms with Gasteiger partial charge in [0.05, 0.1) is 19.2 Å². The highest BCUT2D eigenvalue weighted by Crippen LogP contribution is 2.21. The number of rotatable bonds is 4. The predicted molar refractivity (Wildman–Crippen MR) is 82.0 cm³/mol. The molecule has 1 aromatic heterocycles. The molecule has 21 heavy (non-hydrogen) atoms. The van der Waals surface area contributed by atoms with Crippen LogP contribution in [0, 0.1) is 6.92 Å². The summed E-state index contributed by atoms with van der Waals surface area (Å²) in [6.45, 7) is 2.63. The molecule has 0 aliphatic rings. The van der Waals surface area contributed by atoms with Crippen molar-refractivity contribution >= 4 is 17.2 Å². The molecule has 0 amide bonds. The van der Waals surface area contributed by atoms with Crippen molar-refractivity contribution in [1.82, 2.24) is 9.78 Å². The first-order valence-electron chi connectivity index (χ1n) is 6.76. The van der Waals surface area contributed by atoms with Gasteiger partial charge in [0.1, 0.15) is 11.4 Å². The molecule has 0 radical (unpaired) electrons. The van der Waals surface area contributed by atoms with Crippen LogP contribution >= 0.6 is 0 Å². The zero-order valence-corrected chi connectivity index (χ0v) is 12.0. The fourth-order valence-electron chi connectivity index (χ4n) is 2.43. The number of carbonyl (C=O) groups is 1. The Morgan fingerprint density at radius 1 is 1.19 bits per heavy atom. The SMILES string of the molecule is COc1ccc(Cn2nc(C=O)c3cc(C)ccc32)cc1. The third-order valence-corrected chi connectivity index (χ3v) is 3.54. The summed E-state index contributed by atoms with van der Waals surface area (Å²) in [4.78, 5) is 11.2. The van der Waals surface area contributed by atoms with E-state index in [9.17, 15) is 4.79 Å². The largest absolute Gasteiger partial charge is 0.497 e. The number of benzene rings is 2. The minimum absolute atomic E-state index is 0.488. The van der Waals surface area contributed by atoms with Gasteiger partial charge in [-0.25, -0.2) is 0 Å². The lowest BCUT2D eigenvalue weighted by Crippen LogP contribution is -2.02. The van der Waals surface area contributed by atoms with Crippen molar-refractivity contribution in [1.29, 1.82) is 0 Å². The fourth-order valence-corrected chi connectivity index (χ4v) is 2.43. The van der Waals surface area contributed by atoms with Crippen LogP contribution in [-0.2, 0) is 6.54 Å². The fraction of sp³-hybridized carbons (Fsp3) is 0.176. The summed E-state index contributed by atoms with van der Waals surface area (Å²) in [6, 6.07) is 13.9. The van der Waals surface area contributed by atoms with Gasteiger partial charge in [0.25, 0.3) is 0 Å². The summed E-state index contributed by atoms with van der Waals surface area (Å²) in [5.41, 5.74) is 3.69. The van der Waals surface area contributed by atoms with Gasteiger partial charge in [0.15, 0.2) is 6.29 Å². The van der Waals surface area contributed by atoms with E-state index in [4.69, 9.17) is 4.74 Å². The van der Waals surface area contributed by atoms with Crippen molar-refractivity contribution in [2.24, 2.45) is 0 Å². The Balaban J connectivity index is 2.01. The number of aryl methyl sites for hydroxylation is 1. The maximum atomic E-state index is 11.2.